The summed E-state index contributed by atoms with van der Waals surface area (Å²) in [6.07, 6.45) is 0. The monoisotopic (exact) mass is 488 g/mol. The minimum atomic E-state index is -0.467. The Morgan fingerprint density at radius 1 is 0.943 bits per heavy atom. The first-order valence-corrected chi connectivity index (χ1v) is 11.7. The van der Waals surface area contributed by atoms with Gasteiger partial charge in [0.05, 0.1) is 22.8 Å². The van der Waals surface area contributed by atoms with Gasteiger partial charge in [-0.2, -0.15) is 0 Å². The number of amides is 1. The molecule has 0 radical (unpaired) electrons. The van der Waals surface area contributed by atoms with E-state index >= 15 is 0 Å². The molecule has 3 aromatic carbocycles. The molecule has 7 heteroatoms. The summed E-state index contributed by atoms with van der Waals surface area (Å²) in [4.78, 5) is 31.4. The van der Waals surface area contributed by atoms with E-state index < -0.39 is 5.97 Å². The van der Waals surface area contributed by atoms with Crippen LogP contribution < -0.4 is 4.74 Å². The highest BCUT2D eigenvalue weighted by Crippen LogP contribution is 2.27. The number of fused-ring (bicyclic) bond motifs is 1. The number of aromatic nitrogens is 1. The molecular formula is C28H25ClN2O4. The molecule has 0 aliphatic heterocycles. The van der Waals surface area contributed by atoms with Gasteiger partial charge in [-0.15, -0.1) is 0 Å². The summed E-state index contributed by atoms with van der Waals surface area (Å²) >= 11 is 6.45. The van der Waals surface area contributed by atoms with E-state index in [0.29, 0.717) is 16.3 Å². The van der Waals surface area contributed by atoms with Crippen molar-refractivity contribution in [2.45, 2.75) is 20.1 Å². The third-order valence-corrected chi connectivity index (χ3v) is 5.63. The van der Waals surface area contributed by atoms with Crippen LogP contribution in [-0.4, -0.2) is 34.9 Å². The summed E-state index contributed by atoms with van der Waals surface area (Å²) < 4.78 is 10.9. The van der Waals surface area contributed by atoms with E-state index in [0.717, 1.165) is 22.2 Å². The first kappa shape index (κ1) is 24.2. The molecule has 178 valence electrons. The molecule has 0 N–H and O–H groups in total. The van der Waals surface area contributed by atoms with E-state index in [9.17, 15) is 9.59 Å². The number of ether oxygens (including phenoxy) is 2. The normalized spacial score (nSPS) is 10.7. The van der Waals surface area contributed by atoms with Gasteiger partial charge >= 0.3 is 5.97 Å². The van der Waals surface area contributed by atoms with Crippen molar-refractivity contribution >= 4 is 34.4 Å². The van der Waals surface area contributed by atoms with Crippen LogP contribution in [0.15, 0.2) is 84.9 Å². The smallest absolute Gasteiger partial charge is 0.325 e. The van der Waals surface area contributed by atoms with Gasteiger partial charge in [0, 0.05) is 17.5 Å². The molecule has 0 atom stereocenters. The predicted molar refractivity (Wildman–Crippen MR) is 135 cm³/mol. The van der Waals surface area contributed by atoms with Gasteiger partial charge in [-0.1, -0.05) is 66.2 Å². The van der Waals surface area contributed by atoms with Crippen molar-refractivity contribution in [2.75, 3.05) is 13.2 Å². The van der Waals surface area contributed by atoms with Gasteiger partial charge in [-0.25, -0.2) is 4.98 Å². The minimum absolute atomic E-state index is 0.162. The lowest BCUT2D eigenvalue weighted by atomic mass is 10.1. The van der Waals surface area contributed by atoms with Crippen LogP contribution in [0.25, 0.3) is 10.9 Å². The molecule has 1 heterocycles. The molecule has 0 spiro atoms. The third-order valence-electron chi connectivity index (χ3n) is 5.34. The lowest BCUT2D eigenvalue weighted by molar-refractivity contribution is -0.143. The maximum atomic E-state index is 13.3. The van der Waals surface area contributed by atoms with Crippen LogP contribution in [0, 0.1) is 0 Å². The number of benzene rings is 3. The standard InChI is InChI=1S/C28H25ClN2O4/c1-2-34-27(32)18-31(17-20-8-4-3-5-9-20)28(33)22-13-15-26(24(29)16-22)35-19-23-14-12-21-10-6-7-11-25(21)30-23/h3-16H,2,17-19H2,1H3. The Morgan fingerprint density at radius 3 is 2.49 bits per heavy atom. The highest BCUT2D eigenvalue weighted by Gasteiger charge is 2.21. The van der Waals surface area contributed by atoms with Gasteiger partial charge in [0.2, 0.25) is 0 Å². The van der Waals surface area contributed by atoms with Gasteiger partial charge in [0.25, 0.3) is 5.91 Å². The third kappa shape index (κ3) is 6.37. The molecule has 1 amide bonds. The number of esters is 1. The molecule has 1 aromatic heterocycles. The van der Waals surface area contributed by atoms with E-state index in [1.54, 1.807) is 25.1 Å². The van der Waals surface area contributed by atoms with Crippen molar-refractivity contribution in [3.63, 3.8) is 0 Å². The fourth-order valence-corrected chi connectivity index (χ4v) is 3.87. The molecule has 0 unspecified atom stereocenters. The number of nitrogens with zero attached hydrogens (tertiary/aromatic N) is 2. The van der Waals surface area contributed by atoms with Crippen molar-refractivity contribution in [2.24, 2.45) is 0 Å². The van der Waals surface area contributed by atoms with Gasteiger partial charge in [-0.05, 0) is 42.8 Å². The Hall–Kier alpha value is -3.90. The van der Waals surface area contributed by atoms with Crippen LogP contribution in [0.5, 0.6) is 5.75 Å². The summed E-state index contributed by atoms with van der Waals surface area (Å²) in [5.41, 5.74) is 2.91. The molecule has 0 bridgehead atoms. The lowest BCUT2D eigenvalue weighted by Crippen LogP contribution is -2.36. The first-order chi connectivity index (χ1) is 17.0. The average Bonchev–Trinajstić information content (AvgIpc) is 2.88. The summed E-state index contributed by atoms with van der Waals surface area (Å²) in [7, 11) is 0. The van der Waals surface area contributed by atoms with Gasteiger partial charge in [-0.3, -0.25) is 9.59 Å². The fraction of sp³-hybridized carbons (Fsp3) is 0.179. The fourth-order valence-electron chi connectivity index (χ4n) is 3.64. The molecule has 4 rings (SSSR count). The van der Waals surface area contributed by atoms with Crippen LogP contribution >= 0.6 is 11.6 Å². The highest BCUT2D eigenvalue weighted by molar-refractivity contribution is 6.32. The highest BCUT2D eigenvalue weighted by atomic mass is 35.5. The number of pyridine rings is 1. The van der Waals surface area contributed by atoms with Crippen molar-refractivity contribution in [1.82, 2.24) is 9.88 Å². The van der Waals surface area contributed by atoms with E-state index in [1.165, 1.54) is 4.90 Å². The second-order valence-corrected chi connectivity index (χ2v) is 8.29. The maximum absolute atomic E-state index is 13.3. The summed E-state index contributed by atoms with van der Waals surface area (Å²) in [6, 6.07) is 26.1. The summed E-state index contributed by atoms with van der Waals surface area (Å²) in [5, 5.41) is 1.35. The van der Waals surface area contributed by atoms with Crippen LogP contribution in [0.4, 0.5) is 0 Å². The topological polar surface area (TPSA) is 68.7 Å². The Kier molecular flexibility index (Phi) is 7.95. The molecule has 0 saturated heterocycles. The van der Waals surface area contributed by atoms with Crippen LogP contribution in [0.3, 0.4) is 0 Å². The molecule has 35 heavy (non-hydrogen) atoms. The van der Waals surface area contributed by atoms with Crippen molar-refractivity contribution < 1.29 is 19.1 Å². The lowest BCUT2D eigenvalue weighted by Gasteiger charge is -2.22. The van der Waals surface area contributed by atoms with Crippen molar-refractivity contribution in [3.8, 4) is 5.75 Å². The molecule has 4 aromatic rings. The number of carbonyl (C=O) groups excluding carboxylic acids is 2. The second kappa shape index (κ2) is 11.5. The molecule has 0 fully saturated rings. The van der Waals surface area contributed by atoms with Crippen molar-refractivity contribution in [3.05, 3.63) is 107 Å². The second-order valence-electron chi connectivity index (χ2n) is 7.88. The van der Waals surface area contributed by atoms with Crippen LogP contribution in [-0.2, 0) is 22.7 Å². The Labute approximate surface area is 209 Å². The summed E-state index contributed by atoms with van der Waals surface area (Å²) in [6.45, 7) is 2.32. The zero-order valence-electron chi connectivity index (χ0n) is 19.3. The largest absolute Gasteiger partial charge is 0.486 e. The number of hydrogen-bond donors (Lipinski definition) is 0. The van der Waals surface area contributed by atoms with E-state index in [1.807, 2.05) is 66.7 Å². The van der Waals surface area contributed by atoms with Crippen LogP contribution in [0.2, 0.25) is 5.02 Å². The SMILES string of the molecule is CCOC(=O)CN(Cc1ccccc1)C(=O)c1ccc(OCc2ccc3ccccc3n2)c(Cl)c1. The average molecular weight is 489 g/mol. The van der Waals surface area contributed by atoms with Gasteiger partial charge < -0.3 is 14.4 Å². The molecule has 0 saturated carbocycles. The molecule has 0 aliphatic rings. The van der Waals surface area contributed by atoms with E-state index in [4.69, 9.17) is 21.1 Å². The van der Waals surface area contributed by atoms with Gasteiger partial charge in [0.15, 0.2) is 0 Å². The van der Waals surface area contributed by atoms with E-state index in [2.05, 4.69) is 4.98 Å². The van der Waals surface area contributed by atoms with Gasteiger partial charge in [0.1, 0.15) is 18.9 Å². The number of carbonyl (C=O) groups is 2. The molecule has 0 aliphatic carbocycles. The van der Waals surface area contributed by atoms with Crippen LogP contribution in [0.1, 0.15) is 28.5 Å². The Bertz CT molecular complexity index is 1330. The zero-order valence-corrected chi connectivity index (χ0v) is 20.1. The Morgan fingerprint density at radius 2 is 1.71 bits per heavy atom. The zero-order chi connectivity index (χ0) is 24.6. The van der Waals surface area contributed by atoms with Crippen molar-refractivity contribution in [1.29, 1.82) is 0 Å². The number of halogens is 1. The summed E-state index contributed by atoms with van der Waals surface area (Å²) in [5.74, 6) is -0.351. The maximum Gasteiger partial charge on any atom is 0.325 e. The minimum Gasteiger partial charge on any atom is -0.486 e. The Balaban J connectivity index is 1.47. The number of rotatable bonds is 9. The number of hydrogen-bond acceptors (Lipinski definition) is 5. The first-order valence-electron chi connectivity index (χ1n) is 11.3. The predicted octanol–water partition coefficient (Wildman–Crippen LogP) is 5.67. The quantitative estimate of drug-likeness (QED) is 0.284. The molecule has 6 nitrogen and oxygen atoms in total. The van der Waals surface area contributed by atoms with E-state index in [-0.39, 0.29) is 32.2 Å². The molecular weight excluding hydrogens is 464 g/mol. The number of para-hydroxylation sites is 1.